The number of allylic oxidation sites excluding steroid dienone is 1. The van der Waals surface area contributed by atoms with Crippen molar-refractivity contribution in [3.8, 4) is 0 Å². The van der Waals surface area contributed by atoms with E-state index in [1.807, 2.05) is 54.6 Å². The van der Waals surface area contributed by atoms with Crippen molar-refractivity contribution in [3.05, 3.63) is 106 Å². The van der Waals surface area contributed by atoms with Gasteiger partial charge >= 0.3 is 168 Å². The summed E-state index contributed by atoms with van der Waals surface area (Å²) in [5.41, 5.74) is 1.73. The molecule has 0 saturated carbocycles. The number of carbonyl (C=O) groups is 1. The van der Waals surface area contributed by atoms with Crippen molar-refractivity contribution in [2.45, 2.75) is 0 Å². The Bertz CT molecular complexity index is 885. The van der Waals surface area contributed by atoms with E-state index in [1.54, 1.807) is 30.3 Å². The summed E-state index contributed by atoms with van der Waals surface area (Å²) in [6.07, 6.45) is 1.76. The molecule has 0 heterocycles. The van der Waals surface area contributed by atoms with E-state index >= 15 is 0 Å². The number of benzene rings is 3. The Morgan fingerprint density at radius 3 is 1.88 bits per heavy atom. The van der Waals surface area contributed by atoms with Gasteiger partial charge in [0.05, 0.1) is 0 Å². The van der Waals surface area contributed by atoms with Crippen LogP contribution in [0.15, 0.2) is 84.9 Å². The molecule has 1 nitrogen and oxygen atoms in total. The Balaban J connectivity index is 1.94. The van der Waals surface area contributed by atoms with Crippen molar-refractivity contribution in [2.24, 2.45) is 0 Å². The van der Waals surface area contributed by atoms with Gasteiger partial charge in [-0.2, -0.15) is 0 Å². The molecule has 0 bridgehead atoms. The molecule has 0 unspecified atom stereocenters. The fraction of sp³-hybridized carbons (Fsp3) is 0. The number of halogens is 2. The van der Waals surface area contributed by atoms with Crippen LogP contribution in [-0.4, -0.2) is 26.7 Å². The summed E-state index contributed by atoms with van der Waals surface area (Å²) >= 11 is 11.2. The van der Waals surface area contributed by atoms with Gasteiger partial charge in [-0.1, -0.05) is 0 Å². The number of hydrogen-bond acceptors (Lipinski definition) is 1. The van der Waals surface area contributed by atoms with Crippen LogP contribution in [0, 0.1) is 0 Å². The molecule has 0 amide bonds. The van der Waals surface area contributed by atoms with Crippen molar-refractivity contribution in [2.75, 3.05) is 0 Å². The van der Waals surface area contributed by atoms with Gasteiger partial charge in [-0.15, -0.1) is 0 Å². The molecule has 0 atom stereocenters. The molecule has 3 aromatic carbocycles. The van der Waals surface area contributed by atoms with E-state index in [-0.39, 0.29) is 5.78 Å². The third-order valence-electron chi connectivity index (χ3n) is 3.49. The first kappa shape index (κ1) is 18.2. The molecule has 3 aromatic rings. The molecule has 0 radical (unpaired) electrons. The molecule has 0 aliphatic rings. The molecule has 25 heavy (non-hydrogen) atoms. The molecule has 124 valence electrons. The molecule has 3 rings (SSSR count). The summed E-state index contributed by atoms with van der Waals surface area (Å²) in [5, 5.41) is 1.34. The summed E-state index contributed by atoms with van der Waals surface area (Å²) in [4.78, 5) is 12.7. The van der Waals surface area contributed by atoms with Crippen LogP contribution < -0.4 is 3.61 Å². The minimum atomic E-state index is -0.718. The average molecular weight is 481 g/mol. The van der Waals surface area contributed by atoms with E-state index in [1.165, 1.54) is 3.61 Å². The zero-order valence-corrected chi connectivity index (χ0v) is 17.0. The SMILES string of the molecule is O=C(/C=C(\[Te]c1ccc(Cl)cc1)c1ccccc1)c1ccc(Cl)cc1. The first-order valence-corrected chi connectivity index (χ1v) is 10.7. The molecule has 0 N–H and O–H groups in total. The second-order valence-electron chi connectivity index (χ2n) is 5.30. The van der Waals surface area contributed by atoms with Crippen molar-refractivity contribution in [3.63, 3.8) is 0 Å². The van der Waals surface area contributed by atoms with Gasteiger partial charge in [-0.05, 0) is 0 Å². The number of ketones is 1. The summed E-state index contributed by atoms with van der Waals surface area (Å²) < 4.78 is 2.32. The second kappa shape index (κ2) is 8.70. The average Bonchev–Trinajstić information content (AvgIpc) is 2.64. The Morgan fingerprint density at radius 2 is 1.28 bits per heavy atom. The van der Waals surface area contributed by atoms with E-state index in [2.05, 4.69) is 0 Å². The van der Waals surface area contributed by atoms with E-state index in [4.69, 9.17) is 23.2 Å². The molecular formula is C21H14Cl2OTe. The van der Waals surface area contributed by atoms with Gasteiger partial charge in [0.15, 0.2) is 0 Å². The van der Waals surface area contributed by atoms with Gasteiger partial charge in [-0.3, -0.25) is 0 Å². The Kier molecular flexibility index (Phi) is 6.34. The fourth-order valence-corrected chi connectivity index (χ4v) is 5.17. The predicted molar refractivity (Wildman–Crippen MR) is 107 cm³/mol. The molecule has 0 spiro atoms. The van der Waals surface area contributed by atoms with E-state index in [9.17, 15) is 4.79 Å². The second-order valence-corrected chi connectivity index (χ2v) is 9.36. The number of carbonyl (C=O) groups excluding carboxylic acids is 1. The van der Waals surface area contributed by atoms with Gasteiger partial charge in [-0.25, -0.2) is 0 Å². The zero-order valence-electron chi connectivity index (χ0n) is 13.2. The Morgan fingerprint density at radius 1 is 0.720 bits per heavy atom. The molecule has 0 fully saturated rings. The van der Waals surface area contributed by atoms with Crippen LogP contribution in [0.1, 0.15) is 15.9 Å². The van der Waals surface area contributed by atoms with E-state index in [0.717, 1.165) is 14.2 Å². The maximum absolute atomic E-state index is 12.7. The third-order valence-corrected chi connectivity index (χ3v) is 7.08. The Hall–Kier alpha value is -1.56. The van der Waals surface area contributed by atoms with Gasteiger partial charge < -0.3 is 0 Å². The van der Waals surface area contributed by atoms with Crippen molar-refractivity contribution >= 4 is 57.1 Å². The van der Waals surface area contributed by atoms with Crippen LogP contribution in [0.2, 0.25) is 10.0 Å². The van der Waals surface area contributed by atoms with Crippen molar-refractivity contribution < 1.29 is 4.79 Å². The van der Waals surface area contributed by atoms with Crippen LogP contribution in [0.4, 0.5) is 0 Å². The van der Waals surface area contributed by atoms with Crippen LogP contribution in [0.5, 0.6) is 0 Å². The quantitative estimate of drug-likeness (QED) is 0.277. The maximum atomic E-state index is 12.7. The monoisotopic (exact) mass is 482 g/mol. The van der Waals surface area contributed by atoms with Crippen LogP contribution in [0.3, 0.4) is 0 Å². The number of rotatable bonds is 5. The molecule has 0 aliphatic carbocycles. The zero-order chi connectivity index (χ0) is 17.6. The number of hydrogen-bond donors (Lipinski definition) is 0. The molecule has 0 aromatic heterocycles. The summed E-state index contributed by atoms with van der Waals surface area (Å²) in [5.74, 6) is -0.00502. The van der Waals surface area contributed by atoms with Crippen LogP contribution in [-0.2, 0) is 0 Å². The standard InChI is InChI=1S/C21H14Cl2OTe/c22-17-8-6-15(7-9-17)20(24)14-21(16-4-2-1-3-5-16)25-19-12-10-18(23)11-13-19/h1-14H/b21-14-. The van der Waals surface area contributed by atoms with Gasteiger partial charge in [0.2, 0.25) is 0 Å². The first-order chi connectivity index (χ1) is 12.1. The summed E-state index contributed by atoms with van der Waals surface area (Å²) in [6.45, 7) is 0. The molecular weight excluding hydrogens is 467 g/mol. The molecule has 0 aliphatic heterocycles. The van der Waals surface area contributed by atoms with Gasteiger partial charge in [0, 0.05) is 0 Å². The van der Waals surface area contributed by atoms with Gasteiger partial charge in [0.25, 0.3) is 0 Å². The predicted octanol–water partition coefficient (Wildman–Crippen LogP) is 5.25. The minimum absolute atomic E-state index is 0.00502. The summed E-state index contributed by atoms with van der Waals surface area (Å²) in [6, 6.07) is 24.9. The van der Waals surface area contributed by atoms with Gasteiger partial charge in [0.1, 0.15) is 0 Å². The Labute approximate surface area is 167 Å². The van der Waals surface area contributed by atoms with Crippen molar-refractivity contribution in [1.82, 2.24) is 0 Å². The van der Waals surface area contributed by atoms with Crippen molar-refractivity contribution in [1.29, 1.82) is 0 Å². The topological polar surface area (TPSA) is 17.1 Å². The third kappa shape index (κ3) is 5.20. The van der Waals surface area contributed by atoms with Crippen LogP contribution in [0.25, 0.3) is 3.62 Å². The first-order valence-electron chi connectivity index (χ1n) is 7.62. The molecule has 4 heteroatoms. The summed E-state index contributed by atoms with van der Waals surface area (Å²) in [7, 11) is 0. The van der Waals surface area contributed by atoms with E-state index in [0.29, 0.717) is 10.6 Å². The molecule has 0 saturated heterocycles. The normalized spacial score (nSPS) is 11.4. The van der Waals surface area contributed by atoms with E-state index < -0.39 is 20.9 Å². The fourth-order valence-electron chi connectivity index (χ4n) is 2.22. The van der Waals surface area contributed by atoms with Crippen LogP contribution >= 0.6 is 23.2 Å².